The number of hydrogen-bond donors (Lipinski definition) is 1. The molecule has 0 amide bonds. The third-order valence-corrected chi connectivity index (χ3v) is 1.96. The van der Waals surface area contributed by atoms with E-state index in [1.54, 1.807) is 19.1 Å². The molecule has 0 bridgehead atoms. The first kappa shape index (κ1) is 11.1. The van der Waals surface area contributed by atoms with Crippen LogP contribution in [0.1, 0.15) is 5.56 Å². The van der Waals surface area contributed by atoms with Crippen molar-refractivity contribution in [2.45, 2.75) is 6.92 Å². The highest BCUT2D eigenvalue weighted by Gasteiger charge is 1.98. The summed E-state index contributed by atoms with van der Waals surface area (Å²) in [7, 11) is 0. The van der Waals surface area contributed by atoms with Gasteiger partial charge < -0.3 is 4.74 Å². The maximum Gasteiger partial charge on any atom is 0.126 e. The zero-order chi connectivity index (χ0) is 10.4. The lowest BCUT2D eigenvalue weighted by atomic mass is 10.2. The quantitative estimate of drug-likeness (QED) is 0.596. The predicted molar refractivity (Wildman–Crippen MR) is 59.6 cm³/mol. The van der Waals surface area contributed by atoms with Gasteiger partial charge in [-0.3, -0.25) is 0 Å². The lowest BCUT2D eigenvalue weighted by Gasteiger charge is -2.04. The van der Waals surface area contributed by atoms with Crippen LogP contribution in [0.4, 0.5) is 4.39 Å². The summed E-state index contributed by atoms with van der Waals surface area (Å²) >= 11 is 4.02. The van der Waals surface area contributed by atoms with Crippen LogP contribution in [-0.4, -0.2) is 12.4 Å². The summed E-state index contributed by atoms with van der Waals surface area (Å²) in [6.45, 7) is 2.21. The van der Waals surface area contributed by atoms with Crippen LogP contribution < -0.4 is 4.74 Å². The first-order valence-corrected chi connectivity index (χ1v) is 5.02. The Balaban J connectivity index is 2.51. The average Bonchev–Trinajstić information content (AvgIpc) is 2.18. The molecule has 1 rings (SSSR count). The molecule has 0 radical (unpaired) electrons. The molecule has 0 aliphatic carbocycles. The Hall–Kier alpha value is -0.960. The monoisotopic (exact) mass is 212 g/mol. The highest BCUT2D eigenvalue weighted by atomic mass is 32.1. The molecular formula is C11H13FOS. The van der Waals surface area contributed by atoms with Crippen molar-refractivity contribution in [1.29, 1.82) is 0 Å². The maximum atomic E-state index is 12.9. The molecule has 1 nitrogen and oxygen atoms in total. The van der Waals surface area contributed by atoms with E-state index in [0.29, 0.717) is 23.7 Å². The zero-order valence-corrected chi connectivity index (χ0v) is 8.93. The van der Waals surface area contributed by atoms with Gasteiger partial charge in [0.1, 0.15) is 18.2 Å². The van der Waals surface area contributed by atoms with Crippen LogP contribution in [0.25, 0.3) is 0 Å². The minimum absolute atomic E-state index is 0.205. The van der Waals surface area contributed by atoms with Gasteiger partial charge in [-0.25, -0.2) is 4.39 Å². The summed E-state index contributed by atoms with van der Waals surface area (Å²) in [5.74, 6) is 1.18. The maximum absolute atomic E-state index is 12.9. The third-order valence-electron chi connectivity index (χ3n) is 1.75. The number of ether oxygens (including phenoxy) is 1. The van der Waals surface area contributed by atoms with Crippen LogP contribution in [0.15, 0.2) is 30.4 Å². The van der Waals surface area contributed by atoms with E-state index in [1.807, 2.05) is 12.2 Å². The van der Waals surface area contributed by atoms with Gasteiger partial charge in [-0.2, -0.15) is 12.6 Å². The third kappa shape index (κ3) is 3.42. The Morgan fingerprint density at radius 1 is 1.43 bits per heavy atom. The molecule has 0 aliphatic heterocycles. The van der Waals surface area contributed by atoms with Gasteiger partial charge in [0.15, 0.2) is 0 Å². The van der Waals surface area contributed by atoms with E-state index in [4.69, 9.17) is 4.74 Å². The zero-order valence-electron chi connectivity index (χ0n) is 8.03. The number of halogens is 1. The summed E-state index contributed by atoms with van der Waals surface area (Å²) < 4.78 is 18.2. The smallest absolute Gasteiger partial charge is 0.126 e. The highest BCUT2D eigenvalue weighted by Crippen LogP contribution is 2.15. The van der Waals surface area contributed by atoms with E-state index in [9.17, 15) is 4.39 Å². The topological polar surface area (TPSA) is 9.23 Å². The lowest BCUT2D eigenvalue weighted by molar-refractivity contribution is 0.361. The van der Waals surface area contributed by atoms with Crippen LogP contribution in [-0.2, 0) is 0 Å². The fourth-order valence-electron chi connectivity index (χ4n) is 0.994. The lowest BCUT2D eigenvalue weighted by Crippen LogP contribution is -1.94. The summed E-state index contributed by atoms with van der Waals surface area (Å²) in [6.07, 6.45) is 3.78. The first-order valence-electron chi connectivity index (χ1n) is 4.39. The fraction of sp³-hybridized carbons (Fsp3) is 0.273. The largest absolute Gasteiger partial charge is 0.490 e. The SMILES string of the molecule is Cc1cc(OC/C=C/CS)ccc1F. The van der Waals surface area contributed by atoms with Crippen LogP contribution in [0.2, 0.25) is 0 Å². The van der Waals surface area contributed by atoms with Crippen molar-refractivity contribution in [3.8, 4) is 5.75 Å². The van der Waals surface area contributed by atoms with Gasteiger partial charge in [0.2, 0.25) is 0 Å². The van der Waals surface area contributed by atoms with E-state index < -0.39 is 0 Å². The summed E-state index contributed by atoms with van der Waals surface area (Å²) in [6, 6.07) is 4.72. The van der Waals surface area contributed by atoms with Gasteiger partial charge in [0.25, 0.3) is 0 Å². The summed E-state index contributed by atoms with van der Waals surface area (Å²) in [4.78, 5) is 0. The van der Waals surface area contributed by atoms with Crippen molar-refractivity contribution in [3.05, 3.63) is 41.7 Å². The van der Waals surface area contributed by atoms with E-state index in [-0.39, 0.29) is 5.82 Å². The molecule has 0 spiro atoms. The number of aryl methyl sites for hydroxylation is 1. The molecule has 1 aromatic rings. The minimum Gasteiger partial charge on any atom is -0.490 e. The second kappa shape index (κ2) is 5.70. The molecule has 14 heavy (non-hydrogen) atoms. The Morgan fingerprint density at radius 3 is 2.86 bits per heavy atom. The van der Waals surface area contributed by atoms with E-state index in [0.717, 1.165) is 0 Å². The molecule has 0 aliphatic rings. The fourth-order valence-corrected chi connectivity index (χ4v) is 1.14. The van der Waals surface area contributed by atoms with E-state index in [2.05, 4.69) is 12.6 Å². The second-order valence-corrected chi connectivity index (χ2v) is 3.24. The molecule has 0 atom stereocenters. The number of benzene rings is 1. The van der Waals surface area contributed by atoms with E-state index in [1.165, 1.54) is 6.07 Å². The number of rotatable bonds is 4. The van der Waals surface area contributed by atoms with Crippen LogP contribution in [0, 0.1) is 12.7 Å². The average molecular weight is 212 g/mol. The standard InChI is InChI=1S/C11H13FOS/c1-9-8-10(4-5-11(9)12)13-6-2-3-7-14/h2-5,8,14H,6-7H2,1H3/b3-2+. The molecular weight excluding hydrogens is 199 g/mol. The molecule has 0 fully saturated rings. The summed E-state index contributed by atoms with van der Waals surface area (Å²) in [5.41, 5.74) is 0.598. The number of thiol groups is 1. The Bertz CT molecular complexity index is 323. The van der Waals surface area contributed by atoms with Gasteiger partial charge in [0, 0.05) is 5.75 Å². The molecule has 0 N–H and O–H groups in total. The molecule has 0 saturated heterocycles. The number of hydrogen-bond acceptors (Lipinski definition) is 2. The van der Waals surface area contributed by atoms with Crippen LogP contribution >= 0.6 is 12.6 Å². The van der Waals surface area contributed by atoms with E-state index >= 15 is 0 Å². The van der Waals surface area contributed by atoms with Crippen molar-refractivity contribution in [3.63, 3.8) is 0 Å². The van der Waals surface area contributed by atoms with Gasteiger partial charge in [0.05, 0.1) is 0 Å². The Kier molecular flexibility index (Phi) is 4.53. The molecule has 0 unspecified atom stereocenters. The molecule has 76 valence electrons. The molecule has 0 saturated carbocycles. The van der Waals surface area contributed by atoms with Crippen molar-refractivity contribution < 1.29 is 9.13 Å². The van der Waals surface area contributed by atoms with Crippen molar-refractivity contribution in [1.82, 2.24) is 0 Å². The molecule has 0 heterocycles. The second-order valence-electron chi connectivity index (χ2n) is 2.88. The minimum atomic E-state index is -0.205. The van der Waals surface area contributed by atoms with Crippen LogP contribution in [0.5, 0.6) is 5.75 Å². The van der Waals surface area contributed by atoms with Crippen LogP contribution in [0.3, 0.4) is 0 Å². The van der Waals surface area contributed by atoms with Gasteiger partial charge >= 0.3 is 0 Å². The van der Waals surface area contributed by atoms with Gasteiger partial charge in [-0.05, 0) is 30.7 Å². The van der Waals surface area contributed by atoms with Crippen molar-refractivity contribution in [2.24, 2.45) is 0 Å². The molecule has 1 aromatic carbocycles. The Morgan fingerprint density at radius 2 is 2.21 bits per heavy atom. The van der Waals surface area contributed by atoms with Gasteiger partial charge in [-0.1, -0.05) is 12.2 Å². The molecule has 0 aromatic heterocycles. The highest BCUT2D eigenvalue weighted by molar-refractivity contribution is 7.80. The summed E-state index contributed by atoms with van der Waals surface area (Å²) in [5, 5.41) is 0. The first-order chi connectivity index (χ1) is 6.74. The predicted octanol–water partition coefficient (Wildman–Crippen LogP) is 3.00. The van der Waals surface area contributed by atoms with Crippen molar-refractivity contribution >= 4 is 12.6 Å². The van der Waals surface area contributed by atoms with Crippen molar-refractivity contribution in [2.75, 3.05) is 12.4 Å². The van der Waals surface area contributed by atoms with Gasteiger partial charge in [-0.15, -0.1) is 0 Å². The molecule has 3 heteroatoms. The normalized spacial score (nSPS) is 10.8. The Labute approximate surface area is 89.0 Å².